The largest absolute Gasteiger partial charge is 0.493 e. The molecular formula is C27H24N4O4. The number of nitrogens with zero attached hydrogens (tertiary/aromatic N) is 3. The van der Waals surface area contributed by atoms with Crippen LogP contribution in [0.15, 0.2) is 55.0 Å². The molecule has 1 aliphatic heterocycles. The van der Waals surface area contributed by atoms with E-state index in [1.165, 1.54) is 0 Å². The summed E-state index contributed by atoms with van der Waals surface area (Å²) in [6.07, 6.45) is 7.45. The first kappa shape index (κ1) is 22.5. The minimum absolute atomic E-state index is 0.0457. The molecule has 1 aromatic heterocycles. The summed E-state index contributed by atoms with van der Waals surface area (Å²) in [6.45, 7) is 0.547. The number of nitriles is 1. The number of carbonyl (C=O) groups is 2. The molecule has 8 heteroatoms. The van der Waals surface area contributed by atoms with Crippen LogP contribution in [0.1, 0.15) is 42.4 Å². The number of carboxylic acids is 1. The molecule has 0 bridgehead atoms. The molecule has 2 atom stereocenters. The topological polar surface area (TPSA) is 125 Å². The number of carboxylic acid groups (broad SMARTS) is 1. The van der Waals surface area contributed by atoms with Crippen LogP contribution in [-0.2, 0) is 21.4 Å². The van der Waals surface area contributed by atoms with Crippen molar-refractivity contribution < 1.29 is 19.4 Å². The lowest BCUT2D eigenvalue weighted by Gasteiger charge is -2.27. The molecular weight excluding hydrogens is 444 g/mol. The Bertz CT molecular complexity index is 1330. The number of aliphatic carboxylic acids is 1. The van der Waals surface area contributed by atoms with Crippen molar-refractivity contribution >= 4 is 17.6 Å². The summed E-state index contributed by atoms with van der Waals surface area (Å²) >= 11 is 0. The first-order chi connectivity index (χ1) is 17.0. The Morgan fingerprint density at radius 3 is 2.89 bits per heavy atom. The highest BCUT2D eigenvalue weighted by Gasteiger charge is 2.61. The molecule has 1 fully saturated rings. The number of aromatic nitrogens is 2. The van der Waals surface area contributed by atoms with Gasteiger partial charge in [0.05, 0.1) is 30.1 Å². The van der Waals surface area contributed by atoms with E-state index < -0.39 is 5.97 Å². The molecule has 3 aromatic rings. The normalized spacial score (nSPS) is 19.8. The molecule has 2 N–H and O–H groups in total. The van der Waals surface area contributed by atoms with Crippen molar-refractivity contribution in [3.05, 3.63) is 71.7 Å². The van der Waals surface area contributed by atoms with Crippen LogP contribution in [0, 0.1) is 17.2 Å². The van der Waals surface area contributed by atoms with Gasteiger partial charge in [-0.2, -0.15) is 5.26 Å². The third-order valence-electron chi connectivity index (χ3n) is 6.91. The van der Waals surface area contributed by atoms with Gasteiger partial charge in [-0.15, -0.1) is 0 Å². The molecule has 1 aliphatic carbocycles. The highest BCUT2D eigenvalue weighted by atomic mass is 16.5. The van der Waals surface area contributed by atoms with E-state index in [1.807, 2.05) is 12.1 Å². The number of anilines is 1. The fourth-order valence-corrected chi connectivity index (χ4v) is 4.98. The lowest BCUT2D eigenvalue weighted by Crippen LogP contribution is -2.27. The monoisotopic (exact) mass is 468 g/mol. The lowest BCUT2D eigenvalue weighted by atomic mass is 9.86. The first-order valence-electron chi connectivity index (χ1n) is 11.6. The van der Waals surface area contributed by atoms with Crippen molar-refractivity contribution in [2.75, 3.05) is 11.9 Å². The van der Waals surface area contributed by atoms with Crippen molar-refractivity contribution in [2.24, 2.45) is 5.92 Å². The van der Waals surface area contributed by atoms with Gasteiger partial charge in [0, 0.05) is 47.0 Å². The van der Waals surface area contributed by atoms with E-state index in [-0.39, 0.29) is 23.7 Å². The lowest BCUT2D eigenvalue weighted by molar-refractivity contribution is -0.137. The second-order valence-electron chi connectivity index (χ2n) is 9.03. The number of amides is 1. The summed E-state index contributed by atoms with van der Waals surface area (Å²) in [4.78, 5) is 32.8. The third-order valence-corrected chi connectivity index (χ3v) is 6.91. The smallest absolute Gasteiger partial charge is 0.303 e. The average molecular weight is 469 g/mol. The van der Waals surface area contributed by atoms with Crippen molar-refractivity contribution in [2.45, 2.75) is 37.5 Å². The van der Waals surface area contributed by atoms with Crippen LogP contribution < -0.4 is 10.1 Å². The van der Waals surface area contributed by atoms with E-state index in [0.717, 1.165) is 34.6 Å². The van der Waals surface area contributed by atoms with Crippen LogP contribution in [0.4, 0.5) is 5.69 Å². The van der Waals surface area contributed by atoms with Gasteiger partial charge in [-0.25, -0.2) is 0 Å². The minimum atomic E-state index is -0.858. The predicted molar refractivity (Wildman–Crippen MR) is 128 cm³/mol. The Kier molecular flexibility index (Phi) is 5.91. The molecule has 35 heavy (non-hydrogen) atoms. The summed E-state index contributed by atoms with van der Waals surface area (Å²) < 4.78 is 5.90. The van der Waals surface area contributed by atoms with Crippen LogP contribution in [0.5, 0.6) is 5.75 Å². The number of rotatable bonds is 7. The zero-order chi connectivity index (χ0) is 24.4. The summed E-state index contributed by atoms with van der Waals surface area (Å²) in [6, 6.07) is 13.2. The van der Waals surface area contributed by atoms with Crippen LogP contribution in [-0.4, -0.2) is 33.6 Å². The third kappa shape index (κ3) is 4.45. The molecule has 1 spiro atoms. The number of aryl methyl sites for hydroxylation is 1. The molecule has 176 valence electrons. The van der Waals surface area contributed by atoms with Crippen molar-refractivity contribution in [1.82, 2.24) is 9.97 Å². The van der Waals surface area contributed by atoms with Gasteiger partial charge in [0.2, 0.25) is 5.91 Å². The molecule has 5 rings (SSSR count). The van der Waals surface area contributed by atoms with Crippen molar-refractivity contribution in [3.8, 4) is 23.1 Å². The van der Waals surface area contributed by atoms with Crippen molar-refractivity contribution in [1.29, 1.82) is 5.26 Å². The first-order valence-corrected chi connectivity index (χ1v) is 11.6. The molecule has 2 aromatic carbocycles. The highest BCUT2D eigenvalue weighted by Crippen LogP contribution is 2.61. The van der Waals surface area contributed by atoms with Crippen LogP contribution >= 0.6 is 0 Å². The Morgan fingerprint density at radius 1 is 1.23 bits per heavy atom. The molecule has 1 amide bonds. The Balaban J connectivity index is 1.38. The van der Waals surface area contributed by atoms with Gasteiger partial charge in [-0.1, -0.05) is 6.07 Å². The van der Waals surface area contributed by atoms with E-state index in [2.05, 4.69) is 27.4 Å². The fourth-order valence-electron chi connectivity index (χ4n) is 4.98. The molecule has 0 unspecified atom stereocenters. The molecule has 2 aliphatic rings. The maximum absolute atomic E-state index is 13.4. The standard InChI is InChI=1S/C27H24N4O4/c28-15-17-4-5-18(2-1-3-25(32)33)22(12-17)31-26(34)21-14-27(21)8-11-35-24-7-6-19(13-20(24)27)23-16-29-9-10-30-23/h4-7,9-10,12-13,16,21H,1-3,8,11,14H2,(H,31,34)(H,32,33)/t21-,27-/m0/s1. The quantitative estimate of drug-likeness (QED) is 0.535. The van der Waals surface area contributed by atoms with Gasteiger partial charge in [-0.3, -0.25) is 19.6 Å². The van der Waals surface area contributed by atoms with E-state index in [9.17, 15) is 14.9 Å². The van der Waals surface area contributed by atoms with E-state index in [4.69, 9.17) is 9.84 Å². The van der Waals surface area contributed by atoms with Crippen LogP contribution in [0.3, 0.4) is 0 Å². The summed E-state index contributed by atoms with van der Waals surface area (Å²) in [5.74, 6) is -0.389. The van der Waals surface area contributed by atoms with E-state index in [1.54, 1.807) is 36.8 Å². The molecule has 0 radical (unpaired) electrons. The highest BCUT2D eigenvalue weighted by molar-refractivity contribution is 5.97. The molecule has 1 saturated carbocycles. The Morgan fingerprint density at radius 2 is 2.11 bits per heavy atom. The molecule has 2 heterocycles. The SMILES string of the molecule is N#Cc1ccc(CCCC(=O)O)c(NC(=O)[C@@H]2C[C@]23CCOc2ccc(-c4cnccn4)cc23)c1. The van der Waals surface area contributed by atoms with Crippen LogP contribution in [0.2, 0.25) is 0 Å². The average Bonchev–Trinajstić information content (AvgIpc) is 3.60. The summed E-state index contributed by atoms with van der Waals surface area (Å²) in [7, 11) is 0. The van der Waals surface area contributed by atoms with Gasteiger partial charge in [0.1, 0.15) is 5.75 Å². The van der Waals surface area contributed by atoms with Gasteiger partial charge in [0.25, 0.3) is 0 Å². The number of ether oxygens (including phenoxy) is 1. The van der Waals surface area contributed by atoms with Crippen molar-refractivity contribution in [3.63, 3.8) is 0 Å². The van der Waals surface area contributed by atoms with Gasteiger partial charge < -0.3 is 15.2 Å². The number of carbonyl (C=O) groups excluding carboxylic acids is 1. The summed E-state index contributed by atoms with van der Waals surface area (Å²) in [5.41, 5.74) is 4.24. The number of hydrogen-bond acceptors (Lipinski definition) is 6. The molecule has 8 nitrogen and oxygen atoms in total. The number of nitrogens with one attached hydrogen (secondary N) is 1. The number of benzene rings is 2. The second-order valence-corrected chi connectivity index (χ2v) is 9.03. The van der Waals surface area contributed by atoms with Crippen LogP contribution in [0.25, 0.3) is 11.3 Å². The van der Waals surface area contributed by atoms with Gasteiger partial charge in [0.15, 0.2) is 0 Å². The zero-order valence-corrected chi connectivity index (χ0v) is 19.0. The number of hydrogen-bond donors (Lipinski definition) is 2. The second kappa shape index (κ2) is 9.18. The maximum atomic E-state index is 13.4. The van der Waals surface area contributed by atoms with E-state index in [0.29, 0.717) is 37.1 Å². The predicted octanol–water partition coefficient (Wildman–Crippen LogP) is 4.10. The number of fused-ring (bicyclic) bond motifs is 2. The maximum Gasteiger partial charge on any atom is 0.303 e. The fraction of sp³-hybridized carbons (Fsp3) is 0.296. The Hall–Kier alpha value is -4.25. The van der Waals surface area contributed by atoms with Gasteiger partial charge in [-0.05, 0) is 61.6 Å². The minimum Gasteiger partial charge on any atom is -0.493 e. The summed E-state index contributed by atoms with van der Waals surface area (Å²) in [5, 5.41) is 21.3. The van der Waals surface area contributed by atoms with Gasteiger partial charge >= 0.3 is 5.97 Å². The zero-order valence-electron chi connectivity index (χ0n) is 19.0. The molecule has 0 saturated heterocycles. The van der Waals surface area contributed by atoms with E-state index >= 15 is 0 Å². The Labute approximate surface area is 202 Å².